The molecule has 0 bridgehead atoms. The van der Waals surface area contributed by atoms with E-state index in [4.69, 9.17) is 0 Å². The maximum absolute atomic E-state index is 12.8. The molecule has 0 atom stereocenters. The van der Waals surface area contributed by atoms with Crippen molar-refractivity contribution in [3.63, 3.8) is 0 Å². The van der Waals surface area contributed by atoms with Gasteiger partial charge >= 0.3 is 0 Å². The van der Waals surface area contributed by atoms with Crippen LogP contribution >= 0.6 is 0 Å². The Balaban J connectivity index is 1.42. The largest absolute Gasteiger partial charge is 0.339 e. The van der Waals surface area contributed by atoms with Crippen molar-refractivity contribution in [2.45, 2.75) is 33.2 Å². The quantitative estimate of drug-likeness (QED) is 0.690. The van der Waals surface area contributed by atoms with Gasteiger partial charge in [0.15, 0.2) is 0 Å². The fourth-order valence-electron chi connectivity index (χ4n) is 3.95. The van der Waals surface area contributed by atoms with Gasteiger partial charge in [0.05, 0.1) is 0 Å². The normalized spacial score (nSPS) is 15.0. The summed E-state index contributed by atoms with van der Waals surface area (Å²) >= 11 is 0. The van der Waals surface area contributed by atoms with E-state index in [1.807, 2.05) is 60.6 Å². The van der Waals surface area contributed by atoms with Gasteiger partial charge in [-0.05, 0) is 56.9 Å². The molecule has 28 heavy (non-hydrogen) atoms. The highest BCUT2D eigenvalue weighted by atomic mass is 16.2. The lowest BCUT2D eigenvalue weighted by Crippen LogP contribution is -2.39. The van der Waals surface area contributed by atoms with Gasteiger partial charge in [0.25, 0.3) is 5.91 Å². The van der Waals surface area contributed by atoms with E-state index in [2.05, 4.69) is 21.5 Å². The standard InChI is InChI=1S/C23H26N4O/c1-17-5-3-6-20(13-17)23(28)26-11-8-19(9-12-26)16-27-18(2)14-25-22(27)21-7-4-10-24-15-21/h3-7,10,13-15,19H,8-9,11-12,16H2,1-2H3. The number of hydrogen-bond donors (Lipinski definition) is 0. The number of nitrogens with zero attached hydrogens (tertiary/aromatic N) is 4. The van der Waals surface area contributed by atoms with E-state index in [9.17, 15) is 4.79 Å². The zero-order valence-electron chi connectivity index (χ0n) is 16.5. The molecule has 0 saturated carbocycles. The number of hydrogen-bond acceptors (Lipinski definition) is 3. The van der Waals surface area contributed by atoms with Crippen LogP contribution in [-0.2, 0) is 6.54 Å². The van der Waals surface area contributed by atoms with Gasteiger partial charge in [0.1, 0.15) is 5.82 Å². The molecule has 5 heteroatoms. The predicted molar refractivity (Wildman–Crippen MR) is 110 cm³/mol. The number of imidazole rings is 1. The van der Waals surface area contributed by atoms with Crippen molar-refractivity contribution in [2.75, 3.05) is 13.1 Å². The minimum Gasteiger partial charge on any atom is -0.339 e. The van der Waals surface area contributed by atoms with Crippen LogP contribution in [0.3, 0.4) is 0 Å². The molecule has 1 aliphatic heterocycles. The Labute approximate surface area is 166 Å². The van der Waals surface area contributed by atoms with Gasteiger partial charge in [-0.2, -0.15) is 0 Å². The van der Waals surface area contributed by atoms with Crippen LogP contribution in [0.25, 0.3) is 11.4 Å². The van der Waals surface area contributed by atoms with E-state index in [1.165, 1.54) is 0 Å². The molecular formula is C23H26N4O. The van der Waals surface area contributed by atoms with Crippen molar-refractivity contribution >= 4 is 5.91 Å². The lowest BCUT2D eigenvalue weighted by Gasteiger charge is -2.32. The molecule has 1 fully saturated rings. The number of aryl methyl sites for hydroxylation is 2. The summed E-state index contributed by atoms with van der Waals surface area (Å²) in [4.78, 5) is 23.6. The van der Waals surface area contributed by atoms with Crippen molar-refractivity contribution in [1.82, 2.24) is 19.4 Å². The molecule has 5 nitrogen and oxygen atoms in total. The SMILES string of the molecule is Cc1cccc(C(=O)N2CCC(Cn3c(C)cnc3-c3cccnc3)CC2)c1. The summed E-state index contributed by atoms with van der Waals surface area (Å²) in [6, 6.07) is 11.9. The maximum atomic E-state index is 12.8. The molecule has 0 N–H and O–H groups in total. The Morgan fingerprint density at radius 1 is 1.11 bits per heavy atom. The third kappa shape index (κ3) is 3.84. The lowest BCUT2D eigenvalue weighted by molar-refractivity contribution is 0.0682. The molecule has 0 radical (unpaired) electrons. The fourth-order valence-corrected chi connectivity index (χ4v) is 3.95. The minimum absolute atomic E-state index is 0.150. The Morgan fingerprint density at radius 2 is 1.93 bits per heavy atom. The average molecular weight is 374 g/mol. The lowest BCUT2D eigenvalue weighted by atomic mass is 9.95. The molecular weight excluding hydrogens is 348 g/mol. The number of rotatable bonds is 4. The first-order chi connectivity index (χ1) is 13.6. The molecule has 0 unspecified atom stereocenters. The van der Waals surface area contributed by atoms with E-state index in [0.717, 1.165) is 60.7 Å². The van der Waals surface area contributed by atoms with Crippen molar-refractivity contribution < 1.29 is 4.79 Å². The van der Waals surface area contributed by atoms with Gasteiger partial charge < -0.3 is 9.47 Å². The topological polar surface area (TPSA) is 51.0 Å². The van der Waals surface area contributed by atoms with E-state index in [1.54, 1.807) is 6.20 Å². The van der Waals surface area contributed by atoms with Crippen LogP contribution in [0, 0.1) is 19.8 Å². The number of carbonyl (C=O) groups is 1. The Bertz CT molecular complexity index is 956. The first kappa shape index (κ1) is 18.4. The first-order valence-electron chi connectivity index (χ1n) is 9.90. The molecule has 4 rings (SSSR count). The van der Waals surface area contributed by atoms with Crippen LogP contribution in [0.2, 0.25) is 0 Å². The molecule has 2 aromatic heterocycles. The zero-order valence-corrected chi connectivity index (χ0v) is 16.5. The van der Waals surface area contributed by atoms with Gasteiger partial charge in [-0.25, -0.2) is 4.98 Å². The van der Waals surface area contributed by atoms with Gasteiger partial charge in [-0.15, -0.1) is 0 Å². The number of amides is 1. The summed E-state index contributed by atoms with van der Waals surface area (Å²) < 4.78 is 2.29. The molecule has 1 amide bonds. The maximum Gasteiger partial charge on any atom is 0.253 e. The second-order valence-corrected chi connectivity index (χ2v) is 7.68. The summed E-state index contributed by atoms with van der Waals surface area (Å²) in [7, 11) is 0. The van der Waals surface area contributed by atoms with Crippen LogP contribution in [0.1, 0.15) is 34.5 Å². The summed E-state index contributed by atoms with van der Waals surface area (Å²) in [6.45, 7) is 6.68. The third-order valence-electron chi connectivity index (χ3n) is 5.58. The van der Waals surface area contributed by atoms with E-state index >= 15 is 0 Å². The van der Waals surface area contributed by atoms with E-state index in [-0.39, 0.29) is 5.91 Å². The summed E-state index contributed by atoms with van der Waals surface area (Å²) in [6.07, 6.45) is 7.61. The number of carbonyl (C=O) groups excluding carboxylic acids is 1. The van der Waals surface area contributed by atoms with Crippen molar-refractivity contribution in [3.8, 4) is 11.4 Å². The number of aromatic nitrogens is 3. The highest BCUT2D eigenvalue weighted by molar-refractivity contribution is 5.94. The van der Waals surface area contributed by atoms with Gasteiger partial charge in [-0.3, -0.25) is 9.78 Å². The number of pyridine rings is 1. The van der Waals surface area contributed by atoms with Gasteiger partial charge in [0, 0.05) is 55.0 Å². The summed E-state index contributed by atoms with van der Waals surface area (Å²) in [5.74, 6) is 1.67. The fraction of sp³-hybridized carbons (Fsp3) is 0.348. The predicted octanol–water partition coefficient (Wildman–Crippen LogP) is 4.11. The number of piperidine rings is 1. The molecule has 144 valence electrons. The van der Waals surface area contributed by atoms with Crippen LogP contribution in [-0.4, -0.2) is 38.4 Å². The van der Waals surface area contributed by atoms with Crippen LogP contribution in [0.15, 0.2) is 55.0 Å². The average Bonchev–Trinajstić information content (AvgIpc) is 3.09. The van der Waals surface area contributed by atoms with E-state index in [0.29, 0.717) is 5.92 Å². The summed E-state index contributed by atoms with van der Waals surface area (Å²) in [5, 5.41) is 0. The molecule has 3 heterocycles. The number of benzene rings is 1. The monoisotopic (exact) mass is 374 g/mol. The molecule has 1 aliphatic rings. The highest BCUT2D eigenvalue weighted by Gasteiger charge is 2.25. The molecule has 1 aromatic carbocycles. The van der Waals surface area contributed by atoms with Crippen LogP contribution in [0.5, 0.6) is 0 Å². The van der Waals surface area contributed by atoms with Crippen molar-refractivity contribution in [2.24, 2.45) is 5.92 Å². The molecule has 1 saturated heterocycles. The first-order valence-corrected chi connectivity index (χ1v) is 9.90. The molecule has 0 aliphatic carbocycles. The Morgan fingerprint density at radius 3 is 2.64 bits per heavy atom. The van der Waals surface area contributed by atoms with Crippen molar-refractivity contribution in [1.29, 1.82) is 0 Å². The summed E-state index contributed by atoms with van der Waals surface area (Å²) in [5.41, 5.74) is 4.13. The minimum atomic E-state index is 0.150. The second-order valence-electron chi connectivity index (χ2n) is 7.68. The Hall–Kier alpha value is -2.95. The zero-order chi connectivity index (χ0) is 19.5. The van der Waals surface area contributed by atoms with Gasteiger partial charge in [-0.1, -0.05) is 17.7 Å². The van der Waals surface area contributed by atoms with Crippen molar-refractivity contribution in [3.05, 3.63) is 71.8 Å². The van der Waals surface area contributed by atoms with E-state index < -0.39 is 0 Å². The molecule has 3 aromatic rings. The van der Waals surface area contributed by atoms with Crippen LogP contribution < -0.4 is 0 Å². The van der Waals surface area contributed by atoms with Crippen LogP contribution in [0.4, 0.5) is 0 Å². The highest BCUT2D eigenvalue weighted by Crippen LogP contribution is 2.25. The smallest absolute Gasteiger partial charge is 0.253 e. The third-order valence-corrected chi connectivity index (χ3v) is 5.58. The number of likely N-dealkylation sites (tertiary alicyclic amines) is 1. The molecule has 0 spiro atoms. The Kier molecular flexibility index (Phi) is 5.24. The second kappa shape index (κ2) is 7.97. The van der Waals surface area contributed by atoms with Gasteiger partial charge in [0.2, 0.25) is 0 Å².